The van der Waals surface area contributed by atoms with Gasteiger partial charge in [0.25, 0.3) is 0 Å². The van der Waals surface area contributed by atoms with Crippen LogP contribution in [-0.4, -0.2) is 23.4 Å². The zero-order valence-corrected chi connectivity index (χ0v) is 18.4. The third-order valence-electron chi connectivity index (χ3n) is 7.86. The predicted octanol–water partition coefficient (Wildman–Crippen LogP) is 5.32. The minimum atomic E-state index is -0.177. The van der Waals surface area contributed by atoms with Crippen LogP contribution in [-0.2, 0) is 11.3 Å². The lowest BCUT2D eigenvalue weighted by Gasteiger charge is -2.60. The highest BCUT2D eigenvalue weighted by Gasteiger charge is 2.52. The van der Waals surface area contributed by atoms with E-state index in [2.05, 4.69) is 41.5 Å². The van der Waals surface area contributed by atoms with Crippen molar-refractivity contribution in [2.24, 2.45) is 17.8 Å². The molecule has 4 aliphatic carbocycles. The number of rotatable bonds is 6. The standard InChI is InChI=1S/C27H33N3O/c1-30(27-15-21-12-22(16-27)14-23(13-21)17-27)18-20-8-6-19(7-9-20)10-11-26(31)29-25-5-3-2-4-24(25)28/h2-11,21-23H,12-18,28H2,1H3,(H,29,31)/b11-10+. The van der Waals surface area contributed by atoms with Gasteiger partial charge in [0.1, 0.15) is 0 Å². The van der Waals surface area contributed by atoms with Gasteiger partial charge in [0, 0.05) is 18.2 Å². The minimum absolute atomic E-state index is 0.177. The molecule has 4 nitrogen and oxygen atoms in total. The average Bonchev–Trinajstić information content (AvgIpc) is 2.74. The van der Waals surface area contributed by atoms with Crippen molar-refractivity contribution >= 4 is 23.4 Å². The number of carbonyl (C=O) groups is 1. The van der Waals surface area contributed by atoms with Crippen LogP contribution in [0.2, 0.25) is 0 Å². The van der Waals surface area contributed by atoms with Gasteiger partial charge in [-0.15, -0.1) is 0 Å². The lowest BCUT2D eigenvalue weighted by molar-refractivity contribution is -0.111. The fraction of sp³-hybridized carbons (Fsp3) is 0.444. The molecule has 2 aromatic rings. The summed E-state index contributed by atoms with van der Waals surface area (Å²) in [4.78, 5) is 14.8. The van der Waals surface area contributed by atoms with E-state index in [1.54, 1.807) is 18.2 Å². The van der Waals surface area contributed by atoms with E-state index in [9.17, 15) is 4.79 Å². The summed E-state index contributed by atoms with van der Waals surface area (Å²) < 4.78 is 0. The van der Waals surface area contributed by atoms with Gasteiger partial charge >= 0.3 is 0 Å². The normalized spacial score (nSPS) is 29.0. The van der Waals surface area contributed by atoms with Gasteiger partial charge in [-0.25, -0.2) is 0 Å². The number of nitrogens with one attached hydrogen (secondary N) is 1. The SMILES string of the molecule is CN(Cc1ccc(/C=C/C(=O)Nc2ccccc2N)cc1)C12CC3CC(CC(C3)C1)C2. The van der Waals surface area contributed by atoms with Crippen LogP contribution in [0.5, 0.6) is 0 Å². The molecule has 0 radical (unpaired) electrons. The van der Waals surface area contributed by atoms with E-state index in [1.165, 1.54) is 44.1 Å². The number of hydrogen-bond donors (Lipinski definition) is 2. The molecule has 31 heavy (non-hydrogen) atoms. The van der Waals surface area contributed by atoms with Crippen LogP contribution in [0.4, 0.5) is 11.4 Å². The molecule has 1 amide bonds. The van der Waals surface area contributed by atoms with Gasteiger partial charge in [0.15, 0.2) is 0 Å². The highest BCUT2D eigenvalue weighted by Crippen LogP contribution is 2.57. The fourth-order valence-corrected chi connectivity index (χ4v) is 6.67. The maximum absolute atomic E-state index is 12.2. The number of para-hydroxylation sites is 2. The second kappa shape index (κ2) is 8.16. The molecular formula is C27H33N3O. The van der Waals surface area contributed by atoms with Crippen molar-refractivity contribution in [3.8, 4) is 0 Å². The Labute approximate surface area is 185 Å². The number of anilines is 2. The number of hydrogen-bond acceptors (Lipinski definition) is 3. The van der Waals surface area contributed by atoms with Gasteiger partial charge < -0.3 is 11.1 Å². The fourth-order valence-electron chi connectivity index (χ4n) is 6.67. The van der Waals surface area contributed by atoms with Crippen molar-refractivity contribution in [2.75, 3.05) is 18.1 Å². The summed E-state index contributed by atoms with van der Waals surface area (Å²) >= 11 is 0. The summed E-state index contributed by atoms with van der Waals surface area (Å²) in [6, 6.07) is 15.9. The Kier molecular flexibility index (Phi) is 5.35. The second-order valence-electron chi connectivity index (χ2n) is 10.1. The van der Waals surface area contributed by atoms with Gasteiger partial charge in [-0.05, 0) is 92.7 Å². The molecule has 4 heteroatoms. The molecule has 4 bridgehead atoms. The van der Waals surface area contributed by atoms with Crippen LogP contribution < -0.4 is 11.1 Å². The van der Waals surface area contributed by atoms with Crippen LogP contribution in [0.3, 0.4) is 0 Å². The summed E-state index contributed by atoms with van der Waals surface area (Å²) in [5.41, 5.74) is 9.89. The lowest BCUT2D eigenvalue weighted by atomic mass is 9.52. The minimum Gasteiger partial charge on any atom is -0.397 e. The highest BCUT2D eigenvalue weighted by molar-refractivity contribution is 6.03. The largest absolute Gasteiger partial charge is 0.397 e. The summed E-state index contributed by atoms with van der Waals surface area (Å²) in [6.45, 7) is 1.00. The number of benzene rings is 2. The first kappa shape index (κ1) is 20.3. The van der Waals surface area contributed by atoms with Crippen LogP contribution >= 0.6 is 0 Å². The summed E-state index contributed by atoms with van der Waals surface area (Å²) in [7, 11) is 2.33. The molecular weight excluding hydrogens is 382 g/mol. The van der Waals surface area contributed by atoms with Crippen LogP contribution in [0.1, 0.15) is 49.7 Å². The third-order valence-corrected chi connectivity index (χ3v) is 7.86. The average molecular weight is 416 g/mol. The smallest absolute Gasteiger partial charge is 0.248 e. The van der Waals surface area contributed by atoms with Crippen molar-refractivity contribution in [1.82, 2.24) is 4.90 Å². The Balaban J connectivity index is 1.19. The Morgan fingerprint density at radius 3 is 2.26 bits per heavy atom. The quantitative estimate of drug-likeness (QED) is 0.496. The second-order valence-corrected chi connectivity index (χ2v) is 10.1. The molecule has 162 valence electrons. The topological polar surface area (TPSA) is 58.4 Å². The zero-order valence-electron chi connectivity index (χ0n) is 18.4. The van der Waals surface area contributed by atoms with E-state index in [4.69, 9.17) is 5.73 Å². The van der Waals surface area contributed by atoms with Gasteiger partial charge in [0.05, 0.1) is 11.4 Å². The molecule has 4 saturated carbocycles. The molecule has 4 aliphatic rings. The molecule has 0 atom stereocenters. The predicted molar refractivity (Wildman–Crippen MR) is 127 cm³/mol. The molecule has 2 aromatic carbocycles. The molecule has 0 heterocycles. The van der Waals surface area contributed by atoms with Crippen molar-refractivity contribution in [3.05, 3.63) is 65.7 Å². The van der Waals surface area contributed by atoms with E-state index in [0.29, 0.717) is 16.9 Å². The van der Waals surface area contributed by atoms with Crippen LogP contribution in [0.15, 0.2) is 54.6 Å². The van der Waals surface area contributed by atoms with Gasteiger partial charge in [0.2, 0.25) is 5.91 Å². The Morgan fingerprint density at radius 1 is 1.03 bits per heavy atom. The van der Waals surface area contributed by atoms with Gasteiger partial charge in [-0.2, -0.15) is 0 Å². The van der Waals surface area contributed by atoms with E-state index < -0.39 is 0 Å². The zero-order chi connectivity index (χ0) is 21.4. The first-order chi connectivity index (χ1) is 15.0. The maximum Gasteiger partial charge on any atom is 0.248 e. The summed E-state index contributed by atoms with van der Waals surface area (Å²) in [6.07, 6.45) is 12.1. The first-order valence-corrected chi connectivity index (χ1v) is 11.6. The van der Waals surface area contributed by atoms with Crippen molar-refractivity contribution in [1.29, 1.82) is 0 Å². The molecule has 0 aromatic heterocycles. The lowest BCUT2D eigenvalue weighted by Crippen LogP contribution is -2.58. The molecule has 0 aliphatic heterocycles. The maximum atomic E-state index is 12.2. The van der Waals surface area contributed by atoms with E-state index in [1.807, 2.05) is 18.2 Å². The number of amides is 1. The van der Waals surface area contributed by atoms with Gasteiger partial charge in [-0.3, -0.25) is 9.69 Å². The monoisotopic (exact) mass is 415 g/mol. The number of nitrogens with two attached hydrogens (primary N) is 1. The Morgan fingerprint density at radius 2 is 1.65 bits per heavy atom. The molecule has 3 N–H and O–H groups in total. The Bertz CT molecular complexity index is 943. The molecule has 0 unspecified atom stereocenters. The molecule has 6 rings (SSSR count). The van der Waals surface area contributed by atoms with E-state index in [0.717, 1.165) is 29.9 Å². The van der Waals surface area contributed by atoms with E-state index >= 15 is 0 Å². The molecule has 4 fully saturated rings. The number of nitrogen functional groups attached to an aromatic ring is 1. The number of carbonyl (C=O) groups excluding carboxylic acids is 1. The summed E-state index contributed by atoms with van der Waals surface area (Å²) in [5, 5.41) is 2.82. The molecule has 0 spiro atoms. The van der Waals surface area contributed by atoms with E-state index in [-0.39, 0.29) is 5.91 Å². The molecule has 0 saturated heterocycles. The van der Waals surface area contributed by atoms with Crippen molar-refractivity contribution < 1.29 is 4.79 Å². The number of nitrogens with zero attached hydrogens (tertiary/aromatic N) is 1. The highest BCUT2D eigenvalue weighted by atomic mass is 16.1. The van der Waals surface area contributed by atoms with Crippen LogP contribution in [0.25, 0.3) is 6.08 Å². The van der Waals surface area contributed by atoms with Crippen molar-refractivity contribution in [3.63, 3.8) is 0 Å². The van der Waals surface area contributed by atoms with Crippen molar-refractivity contribution in [2.45, 2.75) is 50.6 Å². The van der Waals surface area contributed by atoms with Crippen LogP contribution in [0, 0.1) is 17.8 Å². The van der Waals surface area contributed by atoms with Gasteiger partial charge in [-0.1, -0.05) is 36.4 Å². The summed E-state index contributed by atoms with van der Waals surface area (Å²) in [5.74, 6) is 2.74. The first-order valence-electron chi connectivity index (χ1n) is 11.6. The Hall–Kier alpha value is -2.59. The third kappa shape index (κ3) is 4.27.